The van der Waals surface area contributed by atoms with Gasteiger partial charge in [-0.1, -0.05) is 23.9 Å². The molecule has 0 spiro atoms. The van der Waals surface area contributed by atoms with Crippen LogP contribution in [0.3, 0.4) is 0 Å². The minimum atomic E-state index is -0.277. The first-order chi connectivity index (χ1) is 12.6. The van der Waals surface area contributed by atoms with Crippen LogP contribution in [0, 0.1) is 5.82 Å². The molecule has 6 heteroatoms. The van der Waals surface area contributed by atoms with Gasteiger partial charge in [-0.3, -0.25) is 4.79 Å². The fourth-order valence-corrected chi connectivity index (χ4v) is 3.22. The molecule has 3 rings (SSSR count). The highest BCUT2D eigenvalue weighted by atomic mass is 32.2. The molecule has 0 fully saturated rings. The van der Waals surface area contributed by atoms with E-state index in [2.05, 4.69) is 16.4 Å². The molecule has 2 N–H and O–H groups in total. The standard InChI is InChI=1S/C20H20FN3OS/c1-13-5-3-4-6-15(11-17(13)22-12-25)19-18(23-20(24-19)26-2)14-7-9-16(21)10-8-14/h4,6-12H,3,5H2,1-2H3,(H,22,25)(H,23,24). The number of imidazole rings is 1. The number of amides is 1. The van der Waals surface area contributed by atoms with Gasteiger partial charge in [0.2, 0.25) is 6.41 Å². The van der Waals surface area contributed by atoms with E-state index in [9.17, 15) is 9.18 Å². The Morgan fingerprint density at radius 3 is 2.77 bits per heavy atom. The van der Waals surface area contributed by atoms with Gasteiger partial charge in [0.05, 0.1) is 11.4 Å². The minimum absolute atomic E-state index is 0.277. The fourth-order valence-electron chi connectivity index (χ4n) is 2.83. The monoisotopic (exact) mass is 369 g/mol. The summed E-state index contributed by atoms with van der Waals surface area (Å²) in [6, 6.07) is 6.33. The second kappa shape index (κ2) is 8.19. The Morgan fingerprint density at radius 1 is 1.31 bits per heavy atom. The van der Waals surface area contributed by atoms with Gasteiger partial charge < -0.3 is 10.3 Å². The molecule has 1 aromatic carbocycles. The Morgan fingerprint density at radius 2 is 2.08 bits per heavy atom. The third-order valence-corrected chi connectivity index (χ3v) is 4.82. The maximum absolute atomic E-state index is 13.3. The molecule has 26 heavy (non-hydrogen) atoms. The van der Waals surface area contributed by atoms with Crippen molar-refractivity contribution in [3.63, 3.8) is 0 Å². The van der Waals surface area contributed by atoms with Crippen molar-refractivity contribution in [1.29, 1.82) is 0 Å². The van der Waals surface area contributed by atoms with Crippen LogP contribution in [0.25, 0.3) is 16.8 Å². The van der Waals surface area contributed by atoms with E-state index >= 15 is 0 Å². The number of carbonyl (C=O) groups excluding carboxylic acids is 1. The Balaban J connectivity index is 2.15. The molecule has 0 bridgehead atoms. The second-order valence-corrected chi connectivity index (χ2v) is 6.77. The Hall–Kier alpha value is -2.60. The number of carbonyl (C=O) groups is 1. The van der Waals surface area contributed by atoms with Crippen molar-refractivity contribution >= 4 is 23.7 Å². The van der Waals surface area contributed by atoms with Crippen LogP contribution in [0.5, 0.6) is 0 Å². The number of benzene rings is 1. The summed E-state index contributed by atoms with van der Waals surface area (Å²) < 4.78 is 13.3. The van der Waals surface area contributed by atoms with Crippen LogP contribution < -0.4 is 5.32 Å². The zero-order valence-electron chi connectivity index (χ0n) is 14.7. The lowest BCUT2D eigenvalue weighted by Crippen LogP contribution is -2.11. The molecule has 134 valence electrons. The number of nitrogens with zero attached hydrogens (tertiary/aromatic N) is 1. The number of rotatable bonds is 5. The first-order valence-electron chi connectivity index (χ1n) is 8.31. The normalized spacial score (nSPS) is 14.7. The average molecular weight is 369 g/mol. The van der Waals surface area contributed by atoms with Crippen molar-refractivity contribution in [3.05, 3.63) is 65.3 Å². The number of nitrogens with one attached hydrogen (secondary N) is 2. The van der Waals surface area contributed by atoms with Crippen molar-refractivity contribution in [1.82, 2.24) is 15.3 Å². The fraction of sp³-hybridized carbons (Fsp3) is 0.200. The van der Waals surface area contributed by atoms with Gasteiger partial charge in [-0.15, -0.1) is 0 Å². The van der Waals surface area contributed by atoms with E-state index in [-0.39, 0.29) is 5.82 Å². The molecule has 4 nitrogen and oxygen atoms in total. The molecule has 2 aromatic rings. The molecule has 1 aliphatic rings. The van der Waals surface area contributed by atoms with E-state index in [0.717, 1.165) is 51.8 Å². The summed E-state index contributed by atoms with van der Waals surface area (Å²) in [7, 11) is 0. The highest BCUT2D eigenvalue weighted by Gasteiger charge is 2.16. The molecule has 0 atom stereocenters. The van der Waals surface area contributed by atoms with E-state index in [0.29, 0.717) is 6.41 Å². The summed E-state index contributed by atoms with van der Waals surface area (Å²) >= 11 is 1.51. The van der Waals surface area contributed by atoms with Crippen molar-refractivity contribution in [2.45, 2.75) is 24.9 Å². The van der Waals surface area contributed by atoms with Crippen LogP contribution in [0.1, 0.15) is 25.5 Å². The third-order valence-electron chi connectivity index (χ3n) is 4.24. The zero-order chi connectivity index (χ0) is 18.5. The van der Waals surface area contributed by atoms with E-state index in [1.165, 1.54) is 23.9 Å². The summed E-state index contributed by atoms with van der Waals surface area (Å²) in [5.41, 5.74) is 5.26. The summed E-state index contributed by atoms with van der Waals surface area (Å²) in [6.07, 6.45) is 10.5. The second-order valence-electron chi connectivity index (χ2n) is 5.97. The van der Waals surface area contributed by atoms with E-state index in [1.54, 1.807) is 12.1 Å². The van der Waals surface area contributed by atoms with E-state index in [1.807, 2.05) is 25.3 Å². The Kier molecular flexibility index (Phi) is 5.73. The predicted molar refractivity (Wildman–Crippen MR) is 104 cm³/mol. The van der Waals surface area contributed by atoms with Gasteiger partial charge in [0.15, 0.2) is 5.16 Å². The number of H-pyrrole nitrogens is 1. The number of hydrogen-bond donors (Lipinski definition) is 2. The topological polar surface area (TPSA) is 57.8 Å². The summed E-state index contributed by atoms with van der Waals surface area (Å²) in [5.74, 6) is -0.277. The summed E-state index contributed by atoms with van der Waals surface area (Å²) in [6.45, 7) is 2.01. The SMILES string of the molecule is CSc1nc(C2=CC(NC=O)=C(C)CCC=C2)c(-c2ccc(F)cc2)[nH]1. The predicted octanol–water partition coefficient (Wildman–Crippen LogP) is 4.69. The molecular weight excluding hydrogens is 349 g/mol. The molecule has 1 amide bonds. The Labute approximate surface area is 156 Å². The van der Waals surface area contributed by atoms with Gasteiger partial charge in [-0.05, 0) is 61.9 Å². The van der Waals surface area contributed by atoms with Crippen molar-refractivity contribution in [3.8, 4) is 11.3 Å². The van der Waals surface area contributed by atoms with Crippen molar-refractivity contribution in [2.24, 2.45) is 0 Å². The maximum atomic E-state index is 13.3. The smallest absolute Gasteiger partial charge is 0.211 e. The largest absolute Gasteiger partial charge is 0.332 e. The molecule has 0 aliphatic heterocycles. The molecule has 1 aromatic heterocycles. The van der Waals surface area contributed by atoms with Crippen molar-refractivity contribution in [2.75, 3.05) is 6.26 Å². The lowest BCUT2D eigenvalue weighted by Gasteiger charge is -2.12. The van der Waals surface area contributed by atoms with Crippen LogP contribution in [0.4, 0.5) is 4.39 Å². The van der Waals surface area contributed by atoms with Crippen molar-refractivity contribution < 1.29 is 9.18 Å². The highest BCUT2D eigenvalue weighted by molar-refractivity contribution is 7.98. The molecule has 1 heterocycles. The number of allylic oxidation sites excluding steroid dienone is 5. The highest BCUT2D eigenvalue weighted by Crippen LogP contribution is 2.32. The van der Waals surface area contributed by atoms with Crippen LogP contribution in [0.2, 0.25) is 0 Å². The van der Waals surface area contributed by atoms with Crippen LogP contribution in [0.15, 0.2) is 58.9 Å². The molecular formula is C20H20FN3OS. The average Bonchev–Trinajstić information content (AvgIpc) is 3.06. The third kappa shape index (κ3) is 3.96. The summed E-state index contributed by atoms with van der Waals surface area (Å²) in [5, 5.41) is 3.56. The molecule has 0 radical (unpaired) electrons. The van der Waals surface area contributed by atoms with E-state index < -0.39 is 0 Å². The van der Waals surface area contributed by atoms with Crippen LogP contribution in [-0.4, -0.2) is 22.6 Å². The van der Waals surface area contributed by atoms with Crippen LogP contribution in [-0.2, 0) is 4.79 Å². The maximum Gasteiger partial charge on any atom is 0.211 e. The lowest BCUT2D eigenvalue weighted by molar-refractivity contribution is -0.108. The lowest BCUT2D eigenvalue weighted by atomic mass is 9.99. The van der Waals surface area contributed by atoms with Gasteiger partial charge in [0.1, 0.15) is 5.82 Å². The van der Waals surface area contributed by atoms with Gasteiger partial charge in [-0.2, -0.15) is 0 Å². The number of halogens is 1. The van der Waals surface area contributed by atoms with Gasteiger partial charge in [0.25, 0.3) is 0 Å². The quantitative estimate of drug-likeness (QED) is 0.594. The first kappa shape index (κ1) is 18.2. The number of thioether (sulfide) groups is 1. The number of aromatic amines is 1. The number of hydrogen-bond acceptors (Lipinski definition) is 3. The van der Waals surface area contributed by atoms with Gasteiger partial charge in [0, 0.05) is 16.8 Å². The first-order valence-corrected chi connectivity index (χ1v) is 9.53. The zero-order valence-corrected chi connectivity index (χ0v) is 15.5. The van der Waals surface area contributed by atoms with E-state index in [4.69, 9.17) is 4.98 Å². The van der Waals surface area contributed by atoms with Crippen LogP contribution >= 0.6 is 11.8 Å². The Bertz CT molecular complexity index is 894. The molecule has 0 saturated carbocycles. The van der Waals surface area contributed by atoms with Gasteiger partial charge in [-0.25, -0.2) is 9.37 Å². The van der Waals surface area contributed by atoms with Gasteiger partial charge >= 0.3 is 0 Å². The summed E-state index contributed by atoms with van der Waals surface area (Å²) in [4.78, 5) is 19.0. The molecule has 0 unspecified atom stereocenters. The molecule has 1 aliphatic carbocycles. The molecule has 0 saturated heterocycles. The number of aromatic nitrogens is 2. The minimum Gasteiger partial charge on any atom is -0.332 e.